The van der Waals surface area contributed by atoms with Crippen molar-refractivity contribution < 1.29 is 9.53 Å². The second kappa shape index (κ2) is 7.34. The lowest BCUT2D eigenvalue weighted by Crippen LogP contribution is -2.31. The molecule has 0 aliphatic rings. The van der Waals surface area contributed by atoms with Crippen molar-refractivity contribution in [3.8, 4) is 5.75 Å². The molecule has 0 heterocycles. The van der Waals surface area contributed by atoms with Gasteiger partial charge in [0, 0.05) is 10.0 Å². The van der Waals surface area contributed by atoms with Crippen LogP contribution in [0.2, 0.25) is 10.0 Å². The minimum atomic E-state index is -0.211. The number of nitrogens with one attached hydrogen (secondary N) is 1. The largest absolute Gasteiger partial charge is 0.484 e. The van der Waals surface area contributed by atoms with E-state index >= 15 is 0 Å². The molecule has 5 heteroatoms. The summed E-state index contributed by atoms with van der Waals surface area (Å²) in [5, 5.41) is 4.10. The summed E-state index contributed by atoms with van der Waals surface area (Å²) in [6.45, 7) is 1.82. The lowest BCUT2D eigenvalue weighted by Gasteiger charge is -2.16. The van der Waals surface area contributed by atoms with E-state index < -0.39 is 0 Å². The average molecular weight is 324 g/mol. The molecule has 2 aromatic rings. The van der Waals surface area contributed by atoms with E-state index in [0.29, 0.717) is 15.8 Å². The zero-order chi connectivity index (χ0) is 15.2. The van der Waals surface area contributed by atoms with Crippen LogP contribution in [0.1, 0.15) is 18.5 Å². The number of rotatable bonds is 5. The summed E-state index contributed by atoms with van der Waals surface area (Å²) >= 11 is 11.9. The van der Waals surface area contributed by atoms with Gasteiger partial charge < -0.3 is 10.1 Å². The van der Waals surface area contributed by atoms with Gasteiger partial charge in [0.25, 0.3) is 5.91 Å². The molecule has 0 aromatic heterocycles. The lowest BCUT2D eigenvalue weighted by atomic mass is 10.1. The quantitative estimate of drug-likeness (QED) is 0.893. The summed E-state index contributed by atoms with van der Waals surface area (Å²) in [6.07, 6.45) is 0. The van der Waals surface area contributed by atoms with E-state index in [0.717, 1.165) is 5.56 Å². The molecular weight excluding hydrogens is 309 g/mol. The van der Waals surface area contributed by atoms with E-state index in [9.17, 15) is 4.79 Å². The van der Waals surface area contributed by atoms with Crippen LogP contribution in [-0.4, -0.2) is 12.5 Å². The van der Waals surface area contributed by atoms with Crippen molar-refractivity contribution in [1.29, 1.82) is 0 Å². The third kappa shape index (κ3) is 4.66. The van der Waals surface area contributed by atoms with Gasteiger partial charge >= 0.3 is 0 Å². The van der Waals surface area contributed by atoms with Gasteiger partial charge in [-0.3, -0.25) is 4.79 Å². The van der Waals surface area contributed by atoms with Crippen molar-refractivity contribution in [3.63, 3.8) is 0 Å². The van der Waals surface area contributed by atoms with Crippen LogP contribution < -0.4 is 10.1 Å². The maximum atomic E-state index is 11.9. The highest BCUT2D eigenvalue weighted by Gasteiger charge is 2.12. The topological polar surface area (TPSA) is 38.3 Å². The standard InChI is InChI=1S/C16H15Cl2NO2/c1-11(14-4-2-3-5-15(14)18)19-16(20)10-21-13-8-6-12(17)7-9-13/h2-9,11H,10H2,1H3,(H,19,20). The first-order chi connectivity index (χ1) is 10.1. The van der Waals surface area contributed by atoms with Gasteiger partial charge in [0.15, 0.2) is 6.61 Å². The second-order valence-electron chi connectivity index (χ2n) is 4.55. The Morgan fingerprint density at radius 1 is 1.14 bits per heavy atom. The Morgan fingerprint density at radius 3 is 2.48 bits per heavy atom. The van der Waals surface area contributed by atoms with Crippen LogP contribution in [0.15, 0.2) is 48.5 Å². The average Bonchev–Trinajstić information content (AvgIpc) is 2.47. The van der Waals surface area contributed by atoms with Crippen LogP contribution >= 0.6 is 23.2 Å². The van der Waals surface area contributed by atoms with Crippen molar-refractivity contribution in [3.05, 3.63) is 64.1 Å². The summed E-state index contributed by atoms with van der Waals surface area (Å²) < 4.78 is 5.39. The maximum absolute atomic E-state index is 11.9. The zero-order valence-electron chi connectivity index (χ0n) is 11.5. The third-order valence-corrected chi connectivity index (χ3v) is 3.53. The Labute approximate surface area is 133 Å². The molecule has 0 saturated heterocycles. The fourth-order valence-corrected chi connectivity index (χ4v) is 2.29. The highest BCUT2D eigenvalue weighted by Crippen LogP contribution is 2.22. The molecule has 0 fully saturated rings. The number of halogens is 2. The van der Waals surface area contributed by atoms with Gasteiger partial charge in [0.2, 0.25) is 0 Å². The lowest BCUT2D eigenvalue weighted by molar-refractivity contribution is -0.123. The van der Waals surface area contributed by atoms with E-state index in [-0.39, 0.29) is 18.6 Å². The normalized spacial score (nSPS) is 11.8. The molecule has 1 atom stereocenters. The minimum absolute atomic E-state index is 0.0591. The summed E-state index contributed by atoms with van der Waals surface area (Å²) in [7, 11) is 0. The number of amides is 1. The molecule has 1 N–H and O–H groups in total. The molecule has 0 saturated carbocycles. The van der Waals surface area contributed by atoms with Crippen molar-refractivity contribution in [1.82, 2.24) is 5.32 Å². The fourth-order valence-electron chi connectivity index (χ4n) is 1.87. The van der Waals surface area contributed by atoms with Crippen LogP contribution in [0, 0.1) is 0 Å². The molecule has 3 nitrogen and oxygen atoms in total. The molecule has 110 valence electrons. The molecule has 0 aliphatic heterocycles. The number of benzene rings is 2. The Bertz CT molecular complexity index is 614. The number of hydrogen-bond donors (Lipinski definition) is 1. The number of ether oxygens (including phenoxy) is 1. The monoisotopic (exact) mass is 323 g/mol. The van der Waals surface area contributed by atoms with E-state index in [2.05, 4.69) is 5.32 Å². The Kier molecular flexibility index (Phi) is 5.48. The molecule has 2 rings (SSSR count). The summed E-state index contributed by atoms with van der Waals surface area (Å²) in [5.74, 6) is 0.386. The molecule has 1 amide bonds. The van der Waals surface area contributed by atoms with Gasteiger partial charge in [-0.05, 0) is 42.8 Å². The van der Waals surface area contributed by atoms with E-state index in [1.807, 2.05) is 25.1 Å². The van der Waals surface area contributed by atoms with Crippen LogP contribution in [0.4, 0.5) is 0 Å². The Balaban J connectivity index is 1.87. The SMILES string of the molecule is CC(NC(=O)COc1ccc(Cl)cc1)c1ccccc1Cl. The van der Waals surface area contributed by atoms with Gasteiger partial charge in [-0.2, -0.15) is 0 Å². The van der Waals surface area contributed by atoms with Gasteiger partial charge in [0.1, 0.15) is 5.75 Å². The molecule has 21 heavy (non-hydrogen) atoms. The summed E-state index contributed by atoms with van der Waals surface area (Å²) in [6, 6.07) is 14.1. The maximum Gasteiger partial charge on any atom is 0.258 e. The first-order valence-corrected chi connectivity index (χ1v) is 7.24. The van der Waals surface area contributed by atoms with Gasteiger partial charge in [-0.25, -0.2) is 0 Å². The highest BCUT2D eigenvalue weighted by atomic mass is 35.5. The Morgan fingerprint density at radius 2 is 1.81 bits per heavy atom. The highest BCUT2D eigenvalue weighted by molar-refractivity contribution is 6.31. The first-order valence-electron chi connectivity index (χ1n) is 6.48. The van der Waals surface area contributed by atoms with Crippen molar-refractivity contribution in [2.24, 2.45) is 0 Å². The predicted octanol–water partition coefficient (Wildman–Crippen LogP) is 4.25. The van der Waals surface area contributed by atoms with Gasteiger partial charge in [-0.1, -0.05) is 41.4 Å². The van der Waals surface area contributed by atoms with Crippen molar-refractivity contribution >= 4 is 29.1 Å². The van der Waals surface area contributed by atoms with Crippen LogP contribution in [0.5, 0.6) is 5.75 Å². The molecule has 0 spiro atoms. The molecule has 0 aliphatic carbocycles. The minimum Gasteiger partial charge on any atom is -0.484 e. The van der Waals surface area contributed by atoms with Crippen molar-refractivity contribution in [2.45, 2.75) is 13.0 Å². The van der Waals surface area contributed by atoms with E-state index in [4.69, 9.17) is 27.9 Å². The van der Waals surface area contributed by atoms with Crippen LogP contribution in [0.25, 0.3) is 0 Å². The second-order valence-corrected chi connectivity index (χ2v) is 5.40. The third-order valence-electron chi connectivity index (χ3n) is 2.93. The Hall–Kier alpha value is -1.71. The molecule has 2 aromatic carbocycles. The predicted molar refractivity (Wildman–Crippen MR) is 85.0 cm³/mol. The van der Waals surface area contributed by atoms with Gasteiger partial charge in [0.05, 0.1) is 6.04 Å². The van der Waals surface area contributed by atoms with Crippen LogP contribution in [-0.2, 0) is 4.79 Å². The number of carbonyl (C=O) groups excluding carboxylic acids is 1. The van der Waals surface area contributed by atoms with Crippen LogP contribution in [0.3, 0.4) is 0 Å². The molecule has 0 bridgehead atoms. The first kappa shape index (κ1) is 15.7. The summed E-state index contributed by atoms with van der Waals surface area (Å²) in [5.41, 5.74) is 0.874. The van der Waals surface area contributed by atoms with Crippen molar-refractivity contribution in [2.75, 3.05) is 6.61 Å². The smallest absolute Gasteiger partial charge is 0.258 e. The molecule has 1 unspecified atom stereocenters. The molecular formula is C16H15Cl2NO2. The molecule has 0 radical (unpaired) electrons. The fraction of sp³-hybridized carbons (Fsp3) is 0.188. The van der Waals surface area contributed by atoms with Gasteiger partial charge in [-0.15, -0.1) is 0 Å². The number of hydrogen-bond acceptors (Lipinski definition) is 2. The summed E-state index contributed by atoms with van der Waals surface area (Å²) in [4.78, 5) is 11.9. The van der Waals surface area contributed by atoms with E-state index in [1.54, 1.807) is 30.3 Å². The number of carbonyl (C=O) groups is 1. The van der Waals surface area contributed by atoms with E-state index in [1.165, 1.54) is 0 Å². The zero-order valence-corrected chi connectivity index (χ0v) is 13.0.